The third-order valence-electron chi connectivity index (χ3n) is 10.1. The largest absolute Gasteiger partial charge is 0.480 e. The van der Waals surface area contributed by atoms with Gasteiger partial charge in [-0.1, -0.05) is 39.0 Å². The van der Waals surface area contributed by atoms with E-state index in [9.17, 15) is 32.4 Å². The summed E-state index contributed by atoms with van der Waals surface area (Å²) < 4.78 is 39.6. The molecule has 2 aromatic rings. The zero-order valence-electron chi connectivity index (χ0n) is 28.6. The maximum absolute atomic E-state index is 14.5. The first-order chi connectivity index (χ1) is 23.6. The number of nitrogens with zero attached hydrogens (tertiary/aromatic N) is 3. The van der Waals surface area contributed by atoms with Crippen molar-refractivity contribution in [3.8, 4) is 5.88 Å². The second-order valence-electron chi connectivity index (χ2n) is 14.8. The number of nitrogens with one attached hydrogen (secondary N) is 3. The number of aromatic nitrogens is 2. The molecule has 2 heterocycles. The van der Waals surface area contributed by atoms with E-state index in [2.05, 4.69) is 27.0 Å². The number of sulfonamides is 1. The second kappa shape index (κ2) is 13.0. The second-order valence-corrected chi connectivity index (χ2v) is 16.7. The van der Waals surface area contributed by atoms with Gasteiger partial charge in [-0.3, -0.25) is 23.9 Å². The average Bonchev–Trinajstić information content (AvgIpc) is 3.97. The molecule has 50 heavy (non-hydrogen) atoms. The molecule has 1 aliphatic heterocycles. The molecule has 1 aromatic carbocycles. The van der Waals surface area contributed by atoms with Crippen molar-refractivity contribution in [3.63, 3.8) is 0 Å². The lowest BCUT2D eigenvalue weighted by Gasteiger charge is -2.36. The molecule has 4 fully saturated rings. The van der Waals surface area contributed by atoms with E-state index >= 15 is 0 Å². The van der Waals surface area contributed by atoms with E-state index in [1.165, 1.54) is 22.8 Å². The molecule has 1 aromatic heterocycles. The van der Waals surface area contributed by atoms with Gasteiger partial charge in [-0.05, 0) is 56.1 Å². The third kappa shape index (κ3) is 6.68. The molecule has 3 aliphatic carbocycles. The lowest BCUT2D eigenvalue weighted by Crippen LogP contribution is -2.60. The monoisotopic (exact) mass is 712 g/mol. The van der Waals surface area contributed by atoms with E-state index in [4.69, 9.17) is 9.47 Å². The van der Waals surface area contributed by atoms with Gasteiger partial charge in [-0.25, -0.2) is 17.9 Å². The Bertz CT molecular complexity index is 1900. The fraction of sp³-hybridized carbons (Fsp3) is 0.588. The predicted octanol–water partition coefficient (Wildman–Crippen LogP) is 1.91. The summed E-state index contributed by atoms with van der Waals surface area (Å²) in [6.45, 7) is 8.90. The van der Waals surface area contributed by atoms with Crippen molar-refractivity contribution in [1.29, 1.82) is 0 Å². The van der Waals surface area contributed by atoms with Crippen LogP contribution in [0.1, 0.15) is 71.8 Å². The molecule has 270 valence electrons. The van der Waals surface area contributed by atoms with Gasteiger partial charge in [-0.15, -0.1) is 11.7 Å². The lowest BCUT2D eigenvalue weighted by atomic mass is 9.85. The number of amides is 4. The Hall–Kier alpha value is -4.47. The Kier molecular flexibility index (Phi) is 9.20. The summed E-state index contributed by atoms with van der Waals surface area (Å²) in [7, 11) is -2.50. The van der Waals surface area contributed by atoms with Crippen LogP contribution >= 0.6 is 0 Å². The smallest absolute Gasteiger partial charge is 0.408 e. The fourth-order valence-electron chi connectivity index (χ4n) is 6.68. The maximum atomic E-state index is 14.5. The number of carbonyl (C=O) groups excluding carboxylic acids is 4. The molecule has 4 aliphatic rings. The zero-order chi connectivity index (χ0) is 36.2. The van der Waals surface area contributed by atoms with Crippen molar-refractivity contribution in [2.45, 2.75) is 101 Å². The predicted molar refractivity (Wildman–Crippen MR) is 181 cm³/mol. The molecule has 16 heteroatoms. The summed E-state index contributed by atoms with van der Waals surface area (Å²) in [6.07, 6.45) is 3.82. The Balaban J connectivity index is 1.33. The van der Waals surface area contributed by atoms with Crippen LogP contribution in [0.15, 0.2) is 41.7 Å². The van der Waals surface area contributed by atoms with E-state index in [0.29, 0.717) is 23.6 Å². The van der Waals surface area contributed by atoms with Gasteiger partial charge in [-0.2, -0.15) is 0 Å². The van der Waals surface area contributed by atoms with Crippen molar-refractivity contribution in [2.24, 2.45) is 11.3 Å². The maximum Gasteiger partial charge on any atom is 0.408 e. The van der Waals surface area contributed by atoms with Gasteiger partial charge < -0.3 is 25.0 Å². The van der Waals surface area contributed by atoms with Crippen LogP contribution in [-0.4, -0.2) is 89.5 Å². The molecule has 6 rings (SSSR count). The van der Waals surface area contributed by atoms with Crippen LogP contribution in [0, 0.1) is 11.3 Å². The molecule has 4 amide bonds. The molecule has 3 N–H and O–H groups in total. The summed E-state index contributed by atoms with van der Waals surface area (Å²) in [4.78, 5) is 70.2. The number of likely N-dealkylation sites (tertiary alicyclic amines) is 1. The van der Waals surface area contributed by atoms with Crippen LogP contribution in [0.2, 0.25) is 0 Å². The van der Waals surface area contributed by atoms with Crippen molar-refractivity contribution in [2.75, 3.05) is 13.7 Å². The number of alkyl carbamates (subject to hydrolysis) is 1. The molecule has 0 bridgehead atoms. The number of methoxy groups -OCH3 is 1. The average molecular weight is 713 g/mol. The normalized spacial score (nSPS) is 25.6. The van der Waals surface area contributed by atoms with Crippen molar-refractivity contribution in [3.05, 3.63) is 47.3 Å². The standard InChI is InChI=1S/C34H44N6O9S/c1-6-19-17-34(19,31(44)38-50(46,47)22-14-15-22)36-27(41)25-16-20(40-29(42)24-13-8-7-12-23(24)28(37-40)48-5)18-39(25)30(43)26(33(2,3)4)35-32(45)49-21-10-9-11-21/h6-8,12-13,19-22,25-26H,1,9-11,14-18H2,2-5H3,(H,35,45)(H,36,41)(H,38,44)/t19-,20-,25+,26-,34-/m1/s1. The number of ether oxygens (including phenoxy) is 2. The SMILES string of the molecule is C=C[C@@H]1C[C@]1(NC(=O)[C@@H]1C[C@@H](n2nc(OC)c3ccccc3c2=O)CN1C(=O)[C@@H](NC(=O)OC1CCC1)C(C)(C)C)C(=O)NS(=O)(=O)C1CC1. The number of hydrogen-bond acceptors (Lipinski definition) is 10. The van der Waals surface area contributed by atoms with Gasteiger partial charge in [0.15, 0.2) is 0 Å². The summed E-state index contributed by atoms with van der Waals surface area (Å²) in [5.41, 5.74) is -2.88. The summed E-state index contributed by atoms with van der Waals surface area (Å²) in [5.74, 6) is -2.58. The van der Waals surface area contributed by atoms with Crippen LogP contribution in [0.3, 0.4) is 0 Å². The van der Waals surface area contributed by atoms with Gasteiger partial charge >= 0.3 is 6.09 Å². The van der Waals surface area contributed by atoms with Crippen LogP contribution in [0.4, 0.5) is 4.79 Å². The van der Waals surface area contributed by atoms with Crippen molar-refractivity contribution in [1.82, 2.24) is 30.0 Å². The van der Waals surface area contributed by atoms with Crippen LogP contribution in [-0.2, 0) is 29.1 Å². The number of fused-ring (bicyclic) bond motifs is 1. The first-order valence-electron chi connectivity index (χ1n) is 16.9. The Morgan fingerprint density at radius 1 is 1.10 bits per heavy atom. The number of rotatable bonds is 11. The number of carbonyl (C=O) groups is 4. The van der Waals surface area contributed by atoms with Crippen LogP contribution in [0.5, 0.6) is 5.88 Å². The molecule has 0 radical (unpaired) electrons. The quantitative estimate of drug-likeness (QED) is 0.290. The topological polar surface area (TPSA) is 195 Å². The number of benzene rings is 1. The van der Waals surface area contributed by atoms with Gasteiger partial charge in [0.1, 0.15) is 23.7 Å². The Morgan fingerprint density at radius 2 is 1.78 bits per heavy atom. The fourth-order valence-corrected chi connectivity index (χ4v) is 8.05. The van der Waals surface area contributed by atoms with Crippen molar-refractivity contribution < 1.29 is 37.1 Å². The summed E-state index contributed by atoms with van der Waals surface area (Å²) >= 11 is 0. The number of hydrogen-bond donors (Lipinski definition) is 3. The first-order valence-corrected chi connectivity index (χ1v) is 18.5. The first kappa shape index (κ1) is 35.4. The molecular weight excluding hydrogens is 668 g/mol. The summed E-state index contributed by atoms with van der Waals surface area (Å²) in [6, 6.07) is 3.61. The van der Waals surface area contributed by atoms with Crippen LogP contribution in [0.25, 0.3) is 10.8 Å². The van der Waals surface area contributed by atoms with E-state index in [-0.39, 0.29) is 31.4 Å². The molecule has 15 nitrogen and oxygen atoms in total. The van der Waals surface area contributed by atoms with Gasteiger partial charge in [0.05, 0.1) is 29.2 Å². The van der Waals surface area contributed by atoms with Crippen molar-refractivity contribution >= 4 is 44.6 Å². The molecule has 3 saturated carbocycles. The van der Waals surface area contributed by atoms with E-state index in [0.717, 1.165) is 19.3 Å². The zero-order valence-corrected chi connectivity index (χ0v) is 29.5. The van der Waals surface area contributed by atoms with E-state index < -0.39 is 79.6 Å². The lowest BCUT2D eigenvalue weighted by molar-refractivity contribution is -0.142. The minimum Gasteiger partial charge on any atom is -0.480 e. The highest BCUT2D eigenvalue weighted by molar-refractivity contribution is 7.91. The minimum atomic E-state index is -3.92. The molecule has 5 atom stereocenters. The highest BCUT2D eigenvalue weighted by atomic mass is 32.2. The van der Waals surface area contributed by atoms with Crippen LogP contribution < -0.4 is 25.7 Å². The Morgan fingerprint density at radius 3 is 2.34 bits per heavy atom. The third-order valence-corrected chi connectivity index (χ3v) is 12.0. The Labute approximate surface area is 290 Å². The summed E-state index contributed by atoms with van der Waals surface area (Å²) in [5, 5.41) is 10.1. The van der Waals surface area contributed by atoms with E-state index in [1.54, 1.807) is 45.0 Å². The molecule has 0 spiro atoms. The minimum absolute atomic E-state index is 0.0772. The molecular formula is C34H44N6O9S. The highest BCUT2D eigenvalue weighted by Crippen LogP contribution is 2.46. The molecule has 1 saturated heterocycles. The van der Waals surface area contributed by atoms with Gasteiger partial charge in [0.2, 0.25) is 27.7 Å². The van der Waals surface area contributed by atoms with Gasteiger partial charge in [0.25, 0.3) is 11.5 Å². The van der Waals surface area contributed by atoms with E-state index in [1.807, 2.05) is 0 Å². The highest BCUT2D eigenvalue weighted by Gasteiger charge is 2.62. The van der Waals surface area contributed by atoms with Gasteiger partial charge in [0, 0.05) is 18.9 Å². The molecule has 0 unspecified atom stereocenters.